The van der Waals surface area contributed by atoms with Gasteiger partial charge < -0.3 is 14.4 Å². The highest BCUT2D eigenvalue weighted by atomic mass is 16.2. The maximum atomic E-state index is 13.1. The van der Waals surface area contributed by atoms with Gasteiger partial charge in [0.25, 0.3) is 5.91 Å². The fraction of sp³-hybridized carbons (Fsp3) is 0.250. The van der Waals surface area contributed by atoms with E-state index in [-0.39, 0.29) is 5.91 Å². The van der Waals surface area contributed by atoms with E-state index in [0.717, 1.165) is 35.9 Å². The molecule has 26 heavy (non-hydrogen) atoms. The van der Waals surface area contributed by atoms with Crippen LogP contribution >= 0.6 is 0 Å². The zero-order chi connectivity index (χ0) is 18.1. The molecule has 0 spiro atoms. The zero-order valence-corrected chi connectivity index (χ0v) is 15.0. The normalized spacial score (nSPS) is 13.6. The van der Waals surface area contributed by atoms with Crippen LogP contribution in [0.1, 0.15) is 17.3 Å². The lowest BCUT2D eigenvalue weighted by Gasteiger charge is -2.35. The van der Waals surface area contributed by atoms with Crippen molar-refractivity contribution >= 4 is 17.3 Å². The Morgan fingerprint density at radius 1 is 1.04 bits per heavy atom. The second-order valence-electron chi connectivity index (χ2n) is 6.38. The number of hydrogen-bond acceptors (Lipinski definition) is 4. The van der Waals surface area contributed by atoms with Gasteiger partial charge >= 0.3 is 0 Å². The first-order valence-electron chi connectivity index (χ1n) is 8.79. The lowest BCUT2D eigenvalue weighted by molar-refractivity contribution is 0.0987. The number of rotatable bonds is 3. The quantitative estimate of drug-likeness (QED) is 0.731. The molecule has 1 aromatic heterocycles. The van der Waals surface area contributed by atoms with Crippen molar-refractivity contribution in [3.8, 4) is 11.4 Å². The van der Waals surface area contributed by atoms with Crippen LogP contribution in [0, 0.1) is 0 Å². The predicted octanol–water partition coefficient (Wildman–Crippen LogP) is 3.06. The summed E-state index contributed by atoms with van der Waals surface area (Å²) in [6.07, 6.45) is 1.72. The number of para-hydroxylation sites is 2. The third-order valence-corrected chi connectivity index (χ3v) is 4.83. The van der Waals surface area contributed by atoms with E-state index in [1.807, 2.05) is 51.9 Å². The number of fused-ring (bicyclic) bond motifs is 1. The Morgan fingerprint density at radius 3 is 2.50 bits per heavy atom. The zero-order valence-electron chi connectivity index (χ0n) is 15.0. The van der Waals surface area contributed by atoms with E-state index in [1.165, 1.54) is 0 Å². The number of likely N-dealkylation sites (N-methyl/N-ethyl adjacent to an activating group) is 1. The molecule has 1 aliphatic rings. The van der Waals surface area contributed by atoms with Gasteiger partial charge in [0, 0.05) is 37.8 Å². The summed E-state index contributed by atoms with van der Waals surface area (Å²) in [5.41, 5.74) is 3.68. The van der Waals surface area contributed by atoms with E-state index in [2.05, 4.69) is 35.1 Å². The second-order valence-corrected chi connectivity index (χ2v) is 6.38. The van der Waals surface area contributed by atoms with Crippen LogP contribution in [0.5, 0.6) is 0 Å². The SMILES string of the molecule is CCn1cnnc1-c1ccc(C(=O)N2CCN(C)c3ccccc32)cc1. The maximum absolute atomic E-state index is 13.1. The average Bonchev–Trinajstić information content (AvgIpc) is 3.17. The van der Waals surface area contributed by atoms with Crippen molar-refractivity contribution in [2.45, 2.75) is 13.5 Å². The first-order valence-corrected chi connectivity index (χ1v) is 8.79. The van der Waals surface area contributed by atoms with Crippen LogP contribution in [0.2, 0.25) is 0 Å². The van der Waals surface area contributed by atoms with Gasteiger partial charge in [0.2, 0.25) is 0 Å². The molecular weight excluding hydrogens is 326 g/mol. The summed E-state index contributed by atoms with van der Waals surface area (Å²) >= 11 is 0. The van der Waals surface area contributed by atoms with Gasteiger partial charge in [-0.1, -0.05) is 24.3 Å². The minimum absolute atomic E-state index is 0.0223. The van der Waals surface area contributed by atoms with Gasteiger partial charge in [-0.3, -0.25) is 4.79 Å². The number of benzene rings is 2. The van der Waals surface area contributed by atoms with E-state index in [0.29, 0.717) is 12.1 Å². The molecule has 6 nitrogen and oxygen atoms in total. The molecule has 2 heterocycles. The van der Waals surface area contributed by atoms with Gasteiger partial charge in [-0.2, -0.15) is 0 Å². The Bertz CT molecular complexity index is 931. The standard InChI is InChI=1S/C20H21N5O/c1-3-24-14-21-22-19(24)15-8-10-16(11-9-15)20(26)25-13-12-23(2)17-6-4-5-7-18(17)25/h4-11,14H,3,12-13H2,1-2H3. The third-order valence-electron chi connectivity index (χ3n) is 4.83. The molecule has 132 valence electrons. The largest absolute Gasteiger partial charge is 0.371 e. The fourth-order valence-corrected chi connectivity index (χ4v) is 3.34. The molecule has 6 heteroatoms. The van der Waals surface area contributed by atoms with Crippen molar-refractivity contribution in [2.24, 2.45) is 0 Å². The predicted molar refractivity (Wildman–Crippen MR) is 103 cm³/mol. The number of hydrogen-bond donors (Lipinski definition) is 0. The number of aromatic nitrogens is 3. The molecule has 0 fully saturated rings. The smallest absolute Gasteiger partial charge is 0.258 e. The molecule has 0 N–H and O–H groups in total. The van der Waals surface area contributed by atoms with Crippen LogP contribution in [-0.4, -0.2) is 40.8 Å². The van der Waals surface area contributed by atoms with E-state index in [9.17, 15) is 4.79 Å². The van der Waals surface area contributed by atoms with Gasteiger partial charge in [0.15, 0.2) is 5.82 Å². The molecule has 0 aliphatic carbocycles. The van der Waals surface area contributed by atoms with Crippen LogP contribution in [0.3, 0.4) is 0 Å². The number of carbonyl (C=O) groups is 1. The number of nitrogens with zero attached hydrogens (tertiary/aromatic N) is 5. The van der Waals surface area contributed by atoms with Crippen LogP contribution in [0.15, 0.2) is 54.9 Å². The third kappa shape index (κ3) is 2.73. The summed E-state index contributed by atoms with van der Waals surface area (Å²) in [4.78, 5) is 17.1. The topological polar surface area (TPSA) is 54.3 Å². The molecular formula is C20H21N5O. The van der Waals surface area contributed by atoms with Gasteiger partial charge in [-0.15, -0.1) is 10.2 Å². The minimum atomic E-state index is 0.0223. The molecule has 0 saturated carbocycles. The molecule has 4 rings (SSSR count). The Balaban J connectivity index is 1.63. The van der Waals surface area contributed by atoms with Crippen molar-refractivity contribution in [1.29, 1.82) is 0 Å². The van der Waals surface area contributed by atoms with Crippen molar-refractivity contribution in [3.05, 3.63) is 60.4 Å². The highest BCUT2D eigenvalue weighted by Crippen LogP contribution is 2.32. The molecule has 0 radical (unpaired) electrons. The Morgan fingerprint density at radius 2 is 1.77 bits per heavy atom. The summed E-state index contributed by atoms with van der Waals surface area (Å²) in [6.45, 7) is 4.36. The van der Waals surface area contributed by atoms with Crippen LogP contribution < -0.4 is 9.80 Å². The molecule has 0 saturated heterocycles. The van der Waals surface area contributed by atoms with Gasteiger partial charge in [-0.05, 0) is 31.2 Å². The fourth-order valence-electron chi connectivity index (χ4n) is 3.34. The molecule has 0 unspecified atom stereocenters. The van der Waals surface area contributed by atoms with E-state index < -0.39 is 0 Å². The Kier molecular flexibility index (Phi) is 4.16. The Hall–Kier alpha value is -3.15. The second kappa shape index (κ2) is 6.63. The van der Waals surface area contributed by atoms with E-state index in [4.69, 9.17) is 0 Å². The van der Waals surface area contributed by atoms with Crippen molar-refractivity contribution in [3.63, 3.8) is 0 Å². The lowest BCUT2D eigenvalue weighted by Crippen LogP contribution is -2.42. The highest BCUT2D eigenvalue weighted by Gasteiger charge is 2.25. The van der Waals surface area contributed by atoms with Crippen LogP contribution in [0.4, 0.5) is 11.4 Å². The summed E-state index contributed by atoms with van der Waals surface area (Å²) in [5, 5.41) is 8.14. The number of amides is 1. The number of aryl methyl sites for hydroxylation is 1. The molecule has 2 aromatic carbocycles. The van der Waals surface area contributed by atoms with Gasteiger partial charge in [0.05, 0.1) is 11.4 Å². The molecule has 3 aromatic rings. The lowest BCUT2D eigenvalue weighted by atomic mass is 10.1. The summed E-state index contributed by atoms with van der Waals surface area (Å²) < 4.78 is 1.98. The first-order chi connectivity index (χ1) is 12.7. The molecule has 1 amide bonds. The van der Waals surface area contributed by atoms with Crippen LogP contribution in [0.25, 0.3) is 11.4 Å². The maximum Gasteiger partial charge on any atom is 0.258 e. The minimum Gasteiger partial charge on any atom is -0.371 e. The molecule has 0 bridgehead atoms. The van der Waals surface area contributed by atoms with E-state index in [1.54, 1.807) is 6.33 Å². The number of anilines is 2. The summed E-state index contributed by atoms with van der Waals surface area (Å²) in [5.74, 6) is 0.838. The molecule has 1 aliphatic heterocycles. The monoisotopic (exact) mass is 347 g/mol. The first kappa shape index (κ1) is 16.3. The Labute approximate surface area is 152 Å². The van der Waals surface area contributed by atoms with Crippen molar-refractivity contribution in [1.82, 2.24) is 14.8 Å². The van der Waals surface area contributed by atoms with Gasteiger partial charge in [0.1, 0.15) is 6.33 Å². The van der Waals surface area contributed by atoms with Crippen molar-refractivity contribution in [2.75, 3.05) is 29.9 Å². The van der Waals surface area contributed by atoms with E-state index >= 15 is 0 Å². The van der Waals surface area contributed by atoms with Crippen LogP contribution in [-0.2, 0) is 6.54 Å². The molecule has 0 atom stereocenters. The van der Waals surface area contributed by atoms with Crippen molar-refractivity contribution < 1.29 is 4.79 Å². The highest BCUT2D eigenvalue weighted by molar-refractivity contribution is 6.08. The van der Waals surface area contributed by atoms with Gasteiger partial charge in [-0.25, -0.2) is 0 Å². The summed E-state index contributed by atoms with van der Waals surface area (Å²) in [6, 6.07) is 15.6. The number of carbonyl (C=O) groups excluding carboxylic acids is 1. The average molecular weight is 347 g/mol. The summed E-state index contributed by atoms with van der Waals surface area (Å²) in [7, 11) is 2.05.